The van der Waals surface area contributed by atoms with E-state index in [1.807, 2.05) is 6.07 Å². The maximum Gasteiger partial charge on any atom is 0.338 e. The Kier molecular flexibility index (Phi) is 7.33. The van der Waals surface area contributed by atoms with E-state index < -0.39 is 24.0 Å². The number of ether oxygens (including phenoxy) is 4. The molecule has 0 aromatic heterocycles. The van der Waals surface area contributed by atoms with Crippen molar-refractivity contribution in [3.05, 3.63) is 70.9 Å². The molecule has 0 fully saturated rings. The third kappa shape index (κ3) is 5.00. The molecule has 0 aliphatic carbocycles. The van der Waals surface area contributed by atoms with Crippen LogP contribution in [0.3, 0.4) is 0 Å². The third-order valence-electron chi connectivity index (χ3n) is 4.75. The molecule has 1 aliphatic rings. The van der Waals surface area contributed by atoms with Crippen molar-refractivity contribution in [2.75, 3.05) is 27.4 Å². The van der Waals surface area contributed by atoms with Crippen LogP contribution in [0.1, 0.15) is 28.9 Å². The van der Waals surface area contributed by atoms with Crippen LogP contribution >= 0.6 is 0 Å². The topological polar surface area (TPSA) is 112 Å². The van der Waals surface area contributed by atoms with Gasteiger partial charge in [-0.3, -0.25) is 0 Å². The van der Waals surface area contributed by atoms with Crippen molar-refractivity contribution in [2.45, 2.75) is 13.0 Å². The van der Waals surface area contributed by atoms with Gasteiger partial charge in [0, 0.05) is 0 Å². The minimum absolute atomic E-state index is 0.148. The van der Waals surface area contributed by atoms with Crippen LogP contribution in [0.5, 0.6) is 11.5 Å². The largest absolute Gasteiger partial charge is 0.493 e. The Morgan fingerprint density at radius 2 is 1.66 bits per heavy atom. The fraction of sp³-hybridized carbons (Fsp3) is 0.261. The fourth-order valence-corrected chi connectivity index (χ4v) is 3.26. The molecule has 0 radical (unpaired) electrons. The van der Waals surface area contributed by atoms with Gasteiger partial charge in [0.2, 0.25) is 0 Å². The molecule has 2 aromatic rings. The van der Waals surface area contributed by atoms with Gasteiger partial charge in [-0.05, 0) is 30.7 Å². The van der Waals surface area contributed by atoms with Gasteiger partial charge in [0.1, 0.15) is 6.61 Å². The summed E-state index contributed by atoms with van der Waals surface area (Å²) >= 11 is 0. The first kappa shape index (κ1) is 22.7. The molecule has 32 heavy (non-hydrogen) atoms. The van der Waals surface area contributed by atoms with E-state index in [0.29, 0.717) is 17.1 Å². The number of nitrogens with one attached hydrogen (secondary N) is 2. The van der Waals surface area contributed by atoms with Crippen molar-refractivity contribution in [3.63, 3.8) is 0 Å². The van der Waals surface area contributed by atoms with Gasteiger partial charge in [-0.1, -0.05) is 30.3 Å². The zero-order valence-electron chi connectivity index (χ0n) is 18.0. The second-order valence-electron chi connectivity index (χ2n) is 6.70. The minimum atomic E-state index is -0.751. The highest BCUT2D eigenvalue weighted by Gasteiger charge is 2.34. The first-order valence-electron chi connectivity index (χ1n) is 9.90. The van der Waals surface area contributed by atoms with E-state index in [1.54, 1.807) is 37.3 Å². The van der Waals surface area contributed by atoms with Gasteiger partial charge < -0.3 is 29.6 Å². The Morgan fingerprint density at radius 3 is 2.31 bits per heavy atom. The van der Waals surface area contributed by atoms with Gasteiger partial charge >= 0.3 is 18.0 Å². The second-order valence-corrected chi connectivity index (χ2v) is 6.70. The number of urea groups is 1. The molecule has 1 aliphatic heterocycles. The minimum Gasteiger partial charge on any atom is -0.493 e. The van der Waals surface area contributed by atoms with Gasteiger partial charge in [0.15, 0.2) is 11.5 Å². The monoisotopic (exact) mass is 440 g/mol. The quantitative estimate of drug-likeness (QED) is 0.607. The summed E-state index contributed by atoms with van der Waals surface area (Å²) in [6.45, 7) is 1.50. The summed E-state index contributed by atoms with van der Waals surface area (Å²) in [6, 6.07) is 12.3. The Labute approximate surface area is 185 Å². The van der Waals surface area contributed by atoms with Gasteiger partial charge in [0.25, 0.3) is 0 Å². The highest BCUT2D eigenvalue weighted by Crippen LogP contribution is 2.29. The Balaban J connectivity index is 1.89. The smallest absolute Gasteiger partial charge is 0.338 e. The van der Waals surface area contributed by atoms with Crippen LogP contribution in [0.25, 0.3) is 0 Å². The van der Waals surface area contributed by atoms with Crippen molar-refractivity contribution >= 4 is 18.0 Å². The van der Waals surface area contributed by atoms with Crippen LogP contribution in [0.2, 0.25) is 0 Å². The average molecular weight is 440 g/mol. The van der Waals surface area contributed by atoms with E-state index in [9.17, 15) is 14.4 Å². The lowest BCUT2D eigenvalue weighted by Gasteiger charge is -2.29. The zero-order valence-corrected chi connectivity index (χ0v) is 18.0. The number of carbonyl (C=O) groups excluding carboxylic acids is 3. The first-order chi connectivity index (χ1) is 15.5. The molecule has 1 heterocycles. The number of hydrogen-bond acceptors (Lipinski definition) is 7. The van der Waals surface area contributed by atoms with E-state index in [4.69, 9.17) is 18.9 Å². The first-order valence-corrected chi connectivity index (χ1v) is 9.90. The number of esters is 2. The molecular weight excluding hydrogens is 416 g/mol. The van der Waals surface area contributed by atoms with Crippen LogP contribution in [0.15, 0.2) is 59.8 Å². The number of rotatable bonds is 8. The lowest BCUT2D eigenvalue weighted by Crippen LogP contribution is -2.47. The van der Waals surface area contributed by atoms with Gasteiger partial charge in [-0.15, -0.1) is 0 Å². The molecule has 9 nitrogen and oxygen atoms in total. The molecule has 0 spiro atoms. The summed E-state index contributed by atoms with van der Waals surface area (Å²) in [5, 5.41) is 5.28. The summed E-state index contributed by atoms with van der Waals surface area (Å²) in [5.41, 5.74) is 1.22. The average Bonchev–Trinajstić information content (AvgIpc) is 2.82. The van der Waals surface area contributed by atoms with Crippen molar-refractivity contribution in [1.29, 1.82) is 0 Å². The highest BCUT2D eigenvalue weighted by atomic mass is 16.5. The van der Waals surface area contributed by atoms with Gasteiger partial charge in [0.05, 0.1) is 43.7 Å². The lowest BCUT2D eigenvalue weighted by atomic mass is 9.95. The maximum atomic E-state index is 12.7. The van der Waals surface area contributed by atoms with Crippen molar-refractivity contribution in [1.82, 2.24) is 10.6 Å². The Hall–Kier alpha value is -4.01. The number of carbonyl (C=O) groups is 3. The zero-order chi connectivity index (χ0) is 23.1. The molecule has 1 atom stereocenters. The summed E-state index contributed by atoms with van der Waals surface area (Å²) in [7, 11) is 2.94. The van der Waals surface area contributed by atoms with Gasteiger partial charge in [-0.2, -0.15) is 0 Å². The number of hydrogen-bond donors (Lipinski definition) is 2. The standard InChI is InChI=1S/C23H24N2O7/c1-4-31-22(27)19-16(24-23(28)25-20(19)14-8-6-5-7-9-14)13-32-21(26)15-10-11-17(29-2)18(12-15)30-3/h5-12,20H,4,13H2,1-3H3,(H2,24,25,28). The third-order valence-corrected chi connectivity index (χ3v) is 4.75. The summed E-state index contributed by atoms with van der Waals surface area (Å²) in [5.74, 6) is -0.447. The number of amides is 2. The molecule has 1 unspecified atom stereocenters. The molecular formula is C23H24N2O7. The molecule has 3 rings (SSSR count). The molecule has 0 saturated heterocycles. The van der Waals surface area contributed by atoms with E-state index >= 15 is 0 Å². The van der Waals surface area contributed by atoms with E-state index in [1.165, 1.54) is 26.4 Å². The Bertz CT molecular complexity index is 1030. The lowest BCUT2D eigenvalue weighted by molar-refractivity contribution is -0.139. The SMILES string of the molecule is CCOC(=O)C1=C(COC(=O)c2ccc(OC)c(OC)c2)NC(=O)NC1c1ccccc1. The fourth-order valence-electron chi connectivity index (χ4n) is 3.26. The van der Waals surface area contributed by atoms with Gasteiger partial charge in [-0.25, -0.2) is 14.4 Å². The highest BCUT2D eigenvalue weighted by molar-refractivity contribution is 5.95. The summed E-state index contributed by atoms with van der Waals surface area (Å²) < 4.78 is 20.9. The number of benzene rings is 2. The Morgan fingerprint density at radius 1 is 0.938 bits per heavy atom. The van der Waals surface area contributed by atoms with E-state index in [2.05, 4.69) is 10.6 Å². The predicted molar refractivity (Wildman–Crippen MR) is 114 cm³/mol. The molecule has 2 aromatic carbocycles. The molecule has 2 N–H and O–H groups in total. The molecule has 2 amide bonds. The van der Waals surface area contributed by atoms with E-state index in [0.717, 1.165) is 0 Å². The molecule has 168 valence electrons. The van der Waals surface area contributed by atoms with Crippen LogP contribution in [-0.4, -0.2) is 45.4 Å². The van der Waals surface area contributed by atoms with Crippen molar-refractivity contribution in [2.24, 2.45) is 0 Å². The summed E-state index contributed by atoms with van der Waals surface area (Å²) in [4.78, 5) is 37.6. The second kappa shape index (κ2) is 10.3. The van der Waals surface area contributed by atoms with Crippen molar-refractivity contribution in [3.8, 4) is 11.5 Å². The molecule has 0 saturated carbocycles. The van der Waals surface area contributed by atoms with Crippen molar-refractivity contribution < 1.29 is 33.3 Å². The van der Waals surface area contributed by atoms with Crippen LogP contribution in [0.4, 0.5) is 4.79 Å². The van der Waals surface area contributed by atoms with Crippen LogP contribution in [-0.2, 0) is 14.3 Å². The predicted octanol–water partition coefficient (Wildman–Crippen LogP) is 2.73. The maximum absolute atomic E-state index is 12.7. The van der Waals surface area contributed by atoms with E-state index in [-0.39, 0.29) is 30.0 Å². The normalized spacial score (nSPS) is 15.3. The number of methoxy groups -OCH3 is 2. The van der Waals surface area contributed by atoms with Crippen LogP contribution in [0, 0.1) is 0 Å². The summed E-state index contributed by atoms with van der Waals surface area (Å²) in [6.07, 6.45) is 0. The molecule has 0 bridgehead atoms. The van der Waals surface area contributed by atoms with Crippen LogP contribution < -0.4 is 20.1 Å². The molecule has 9 heteroatoms.